The van der Waals surface area contributed by atoms with Gasteiger partial charge in [-0.05, 0) is 60.2 Å². The molecule has 0 aliphatic carbocycles. The van der Waals surface area contributed by atoms with Crippen molar-refractivity contribution in [1.29, 1.82) is 0 Å². The fourth-order valence-corrected chi connectivity index (χ4v) is 5.64. The summed E-state index contributed by atoms with van der Waals surface area (Å²) in [6.07, 6.45) is 0.898. The second-order valence-electron chi connectivity index (χ2n) is 8.33. The SMILES string of the molecule is CC(=O)NC1CCN(c2cc(-c3sc4ccccc4c3C)cc(-c3cccc(O)c3)n2)C1. The van der Waals surface area contributed by atoms with E-state index in [-0.39, 0.29) is 17.7 Å². The van der Waals surface area contributed by atoms with Gasteiger partial charge in [0.2, 0.25) is 5.91 Å². The second-order valence-corrected chi connectivity index (χ2v) is 9.39. The Hall–Kier alpha value is -3.38. The number of phenolic OH excluding ortho intramolecular Hbond substituents is 1. The number of aryl methyl sites for hydroxylation is 1. The van der Waals surface area contributed by atoms with Gasteiger partial charge >= 0.3 is 0 Å². The Labute approximate surface area is 191 Å². The predicted octanol–water partition coefficient (Wildman–Crippen LogP) is 5.36. The number of carbonyl (C=O) groups is 1. The molecule has 1 saturated heterocycles. The number of aromatic hydroxyl groups is 1. The van der Waals surface area contributed by atoms with Crippen molar-refractivity contribution >= 4 is 33.1 Å². The van der Waals surface area contributed by atoms with Gasteiger partial charge in [0.15, 0.2) is 0 Å². The number of pyridine rings is 1. The summed E-state index contributed by atoms with van der Waals surface area (Å²) in [6, 6.07) is 20.1. The van der Waals surface area contributed by atoms with E-state index in [1.54, 1.807) is 30.4 Å². The normalized spacial score (nSPS) is 15.9. The summed E-state index contributed by atoms with van der Waals surface area (Å²) in [6.45, 7) is 5.31. The Morgan fingerprint density at radius 3 is 2.75 bits per heavy atom. The number of nitrogens with zero attached hydrogens (tertiary/aromatic N) is 2. The molecule has 1 unspecified atom stereocenters. The van der Waals surface area contributed by atoms with Crippen LogP contribution in [0.15, 0.2) is 60.7 Å². The van der Waals surface area contributed by atoms with E-state index in [1.807, 2.05) is 12.1 Å². The van der Waals surface area contributed by atoms with E-state index in [4.69, 9.17) is 4.98 Å². The monoisotopic (exact) mass is 443 g/mol. The summed E-state index contributed by atoms with van der Waals surface area (Å²) >= 11 is 1.79. The van der Waals surface area contributed by atoms with E-state index in [0.717, 1.165) is 42.1 Å². The van der Waals surface area contributed by atoms with E-state index < -0.39 is 0 Å². The van der Waals surface area contributed by atoms with Crippen molar-refractivity contribution in [2.75, 3.05) is 18.0 Å². The van der Waals surface area contributed by atoms with Gasteiger partial charge < -0.3 is 15.3 Å². The van der Waals surface area contributed by atoms with Crippen molar-refractivity contribution in [3.8, 4) is 27.4 Å². The van der Waals surface area contributed by atoms with Crippen molar-refractivity contribution in [1.82, 2.24) is 10.3 Å². The van der Waals surface area contributed by atoms with Gasteiger partial charge in [-0.2, -0.15) is 0 Å². The highest BCUT2D eigenvalue weighted by molar-refractivity contribution is 7.22. The molecule has 1 aliphatic heterocycles. The predicted molar refractivity (Wildman–Crippen MR) is 131 cm³/mol. The average Bonchev–Trinajstić information content (AvgIpc) is 3.38. The van der Waals surface area contributed by atoms with Crippen LogP contribution in [0.1, 0.15) is 18.9 Å². The Morgan fingerprint density at radius 1 is 1.12 bits per heavy atom. The lowest BCUT2D eigenvalue weighted by atomic mass is 10.0. The number of aromatic nitrogens is 1. The summed E-state index contributed by atoms with van der Waals surface area (Å²) in [4.78, 5) is 19.9. The van der Waals surface area contributed by atoms with Crippen LogP contribution in [0.3, 0.4) is 0 Å². The molecule has 1 fully saturated rings. The number of thiophene rings is 1. The molecule has 1 aliphatic rings. The van der Waals surface area contributed by atoms with Crippen LogP contribution in [-0.4, -0.2) is 35.1 Å². The zero-order chi connectivity index (χ0) is 22.2. The third-order valence-corrected chi connectivity index (χ3v) is 7.30. The van der Waals surface area contributed by atoms with E-state index in [1.165, 1.54) is 20.5 Å². The van der Waals surface area contributed by atoms with Gasteiger partial charge in [-0.25, -0.2) is 4.98 Å². The van der Waals surface area contributed by atoms with Gasteiger partial charge in [0, 0.05) is 41.2 Å². The standard InChI is InChI=1S/C26H25N3O2S/c1-16-22-8-3-4-9-24(22)32-26(16)19-13-23(18-6-5-7-21(31)12-18)28-25(14-19)29-11-10-20(15-29)27-17(2)30/h3-9,12-14,20,31H,10-11,15H2,1-2H3,(H,27,30). The molecular formula is C26H25N3O2S. The fourth-order valence-electron chi connectivity index (χ4n) is 4.45. The van der Waals surface area contributed by atoms with Crippen molar-refractivity contribution in [3.63, 3.8) is 0 Å². The first kappa shape index (κ1) is 20.5. The fraction of sp³-hybridized carbons (Fsp3) is 0.231. The maximum absolute atomic E-state index is 11.5. The van der Waals surface area contributed by atoms with E-state index >= 15 is 0 Å². The lowest BCUT2D eigenvalue weighted by Crippen LogP contribution is -2.35. The minimum atomic E-state index is -0.0000832. The maximum atomic E-state index is 11.5. The third-order valence-electron chi connectivity index (χ3n) is 5.98. The van der Waals surface area contributed by atoms with Crippen LogP contribution in [0.4, 0.5) is 5.82 Å². The molecule has 3 heterocycles. The molecule has 6 heteroatoms. The summed E-state index contributed by atoms with van der Waals surface area (Å²) < 4.78 is 1.27. The van der Waals surface area contributed by atoms with E-state index in [9.17, 15) is 9.90 Å². The zero-order valence-corrected chi connectivity index (χ0v) is 18.9. The average molecular weight is 444 g/mol. The summed E-state index contributed by atoms with van der Waals surface area (Å²) in [5, 5.41) is 14.3. The highest BCUT2D eigenvalue weighted by atomic mass is 32.1. The molecule has 4 aromatic rings. The number of anilines is 1. The van der Waals surface area contributed by atoms with Gasteiger partial charge in [0.25, 0.3) is 0 Å². The van der Waals surface area contributed by atoms with E-state index in [2.05, 4.69) is 53.5 Å². The molecule has 5 rings (SSSR count). The number of amides is 1. The van der Waals surface area contributed by atoms with Gasteiger partial charge in [-0.3, -0.25) is 4.79 Å². The van der Waals surface area contributed by atoms with Gasteiger partial charge in [0.05, 0.1) is 5.69 Å². The maximum Gasteiger partial charge on any atom is 0.217 e. The lowest BCUT2D eigenvalue weighted by Gasteiger charge is -2.20. The molecule has 0 radical (unpaired) electrons. The van der Waals surface area contributed by atoms with Crippen LogP contribution >= 0.6 is 11.3 Å². The Balaban J connectivity index is 1.61. The van der Waals surface area contributed by atoms with Crippen LogP contribution in [0, 0.1) is 6.92 Å². The molecular weight excluding hydrogens is 418 g/mol. The van der Waals surface area contributed by atoms with E-state index in [0.29, 0.717) is 0 Å². The minimum Gasteiger partial charge on any atom is -0.508 e. The van der Waals surface area contributed by atoms with Gasteiger partial charge in [-0.15, -0.1) is 11.3 Å². The molecule has 5 nitrogen and oxygen atoms in total. The molecule has 0 spiro atoms. The third kappa shape index (κ3) is 3.94. The van der Waals surface area contributed by atoms with Crippen molar-refractivity contribution < 1.29 is 9.90 Å². The number of hydrogen-bond acceptors (Lipinski definition) is 5. The largest absolute Gasteiger partial charge is 0.508 e. The first-order valence-electron chi connectivity index (χ1n) is 10.8. The lowest BCUT2D eigenvalue weighted by molar-refractivity contribution is -0.119. The van der Waals surface area contributed by atoms with Crippen molar-refractivity contribution in [3.05, 3.63) is 66.2 Å². The molecule has 2 aromatic heterocycles. The van der Waals surface area contributed by atoms with Crippen LogP contribution in [0.5, 0.6) is 5.75 Å². The number of benzene rings is 2. The number of carbonyl (C=O) groups excluding carboxylic acids is 1. The quantitative estimate of drug-likeness (QED) is 0.446. The zero-order valence-electron chi connectivity index (χ0n) is 18.1. The molecule has 2 N–H and O–H groups in total. The smallest absolute Gasteiger partial charge is 0.217 e. The Morgan fingerprint density at radius 2 is 1.97 bits per heavy atom. The molecule has 162 valence electrons. The molecule has 1 atom stereocenters. The molecule has 0 bridgehead atoms. The first-order valence-corrected chi connectivity index (χ1v) is 11.6. The second kappa shape index (κ2) is 8.28. The minimum absolute atomic E-state index is 0.0000832. The topological polar surface area (TPSA) is 65.5 Å². The van der Waals surface area contributed by atoms with Crippen LogP contribution < -0.4 is 10.2 Å². The summed E-state index contributed by atoms with van der Waals surface area (Å²) in [5.74, 6) is 1.12. The van der Waals surface area contributed by atoms with Crippen LogP contribution in [0.2, 0.25) is 0 Å². The summed E-state index contributed by atoms with van der Waals surface area (Å²) in [7, 11) is 0. The molecule has 1 amide bonds. The molecule has 32 heavy (non-hydrogen) atoms. The number of hydrogen-bond donors (Lipinski definition) is 2. The Bertz CT molecular complexity index is 1310. The van der Waals surface area contributed by atoms with Crippen LogP contribution in [-0.2, 0) is 4.79 Å². The molecule has 2 aromatic carbocycles. The van der Waals surface area contributed by atoms with Crippen molar-refractivity contribution in [2.45, 2.75) is 26.3 Å². The summed E-state index contributed by atoms with van der Waals surface area (Å²) in [5.41, 5.74) is 4.09. The highest BCUT2D eigenvalue weighted by Gasteiger charge is 2.25. The number of rotatable bonds is 4. The Kier molecular flexibility index (Phi) is 5.31. The van der Waals surface area contributed by atoms with Gasteiger partial charge in [0.1, 0.15) is 11.6 Å². The number of fused-ring (bicyclic) bond motifs is 1. The van der Waals surface area contributed by atoms with Gasteiger partial charge in [-0.1, -0.05) is 30.3 Å². The van der Waals surface area contributed by atoms with Crippen LogP contribution in [0.25, 0.3) is 31.8 Å². The first-order chi connectivity index (χ1) is 15.5. The number of phenols is 1. The van der Waals surface area contributed by atoms with Crippen molar-refractivity contribution in [2.24, 2.45) is 0 Å². The number of nitrogens with one attached hydrogen (secondary N) is 1. The highest BCUT2D eigenvalue weighted by Crippen LogP contribution is 2.40. The molecule has 0 saturated carbocycles.